The molecule has 1 unspecified atom stereocenters. The van der Waals surface area contributed by atoms with E-state index in [0.29, 0.717) is 19.3 Å². The van der Waals surface area contributed by atoms with Crippen molar-refractivity contribution in [3.63, 3.8) is 0 Å². The molecule has 0 aromatic heterocycles. The molecule has 0 saturated heterocycles. The average molecular weight is 1040 g/mol. The van der Waals surface area contributed by atoms with Crippen LogP contribution in [0.4, 0.5) is 0 Å². The zero-order chi connectivity index (χ0) is 54.3. The zero-order valence-electron chi connectivity index (χ0n) is 49.3. The highest BCUT2D eigenvalue weighted by Crippen LogP contribution is 2.16. The summed E-state index contributed by atoms with van der Waals surface area (Å²) >= 11 is 0. The SMILES string of the molecule is CC/C=C\C/C=C\C/C=C\C/C=C\C/C=C\C/C=C\CCCCCCC(=O)OC(COC(=O)CCCCCCCCCCC)COC(=O)CCCCCCCCCCCCCCC/C=C\C/C=C\CCCCCCC. The third-order valence-corrected chi connectivity index (χ3v) is 13.6. The van der Waals surface area contributed by atoms with Gasteiger partial charge >= 0.3 is 17.9 Å². The highest BCUT2D eigenvalue weighted by atomic mass is 16.6. The Morgan fingerprint density at radius 3 is 0.813 bits per heavy atom. The number of esters is 3. The Labute approximate surface area is 464 Å². The van der Waals surface area contributed by atoms with Crippen molar-refractivity contribution in [2.75, 3.05) is 13.2 Å². The first-order valence-corrected chi connectivity index (χ1v) is 31.7. The summed E-state index contributed by atoms with van der Waals surface area (Å²) in [5.41, 5.74) is 0. The summed E-state index contributed by atoms with van der Waals surface area (Å²) in [4.78, 5) is 38.2. The third-order valence-electron chi connectivity index (χ3n) is 13.6. The number of hydrogen-bond acceptors (Lipinski definition) is 6. The van der Waals surface area contributed by atoms with Crippen molar-refractivity contribution < 1.29 is 28.6 Å². The van der Waals surface area contributed by atoms with E-state index in [-0.39, 0.29) is 31.1 Å². The molecular formula is C69H118O6. The maximum absolute atomic E-state index is 12.9. The normalized spacial score (nSPS) is 12.7. The largest absolute Gasteiger partial charge is 0.462 e. The van der Waals surface area contributed by atoms with Crippen LogP contribution in [-0.4, -0.2) is 37.2 Å². The molecule has 0 aliphatic rings. The van der Waals surface area contributed by atoms with Gasteiger partial charge in [0, 0.05) is 19.3 Å². The van der Waals surface area contributed by atoms with Gasteiger partial charge in [-0.25, -0.2) is 0 Å². The number of rotatable bonds is 57. The molecule has 0 spiro atoms. The van der Waals surface area contributed by atoms with Gasteiger partial charge in [-0.15, -0.1) is 0 Å². The van der Waals surface area contributed by atoms with Crippen molar-refractivity contribution in [3.05, 3.63) is 97.2 Å². The van der Waals surface area contributed by atoms with Gasteiger partial charge < -0.3 is 14.2 Å². The van der Waals surface area contributed by atoms with Gasteiger partial charge in [-0.05, 0) is 103 Å². The van der Waals surface area contributed by atoms with Crippen molar-refractivity contribution in [2.24, 2.45) is 0 Å². The molecule has 0 aromatic carbocycles. The summed E-state index contributed by atoms with van der Waals surface area (Å²) in [5, 5.41) is 0. The van der Waals surface area contributed by atoms with Gasteiger partial charge in [0.25, 0.3) is 0 Å². The molecule has 0 aliphatic heterocycles. The molecule has 0 N–H and O–H groups in total. The summed E-state index contributed by atoms with van der Waals surface area (Å²) in [6, 6.07) is 0. The second-order valence-electron chi connectivity index (χ2n) is 20.9. The standard InChI is InChI=1S/C69H118O6/c1-4-7-10-13-16-19-21-23-25-27-29-31-33-34-36-37-39-41-43-45-47-50-53-56-59-62-68(71)74-65-66(64-73-67(70)61-58-55-52-49-18-15-12-9-6-3)75-69(72)63-60-57-54-51-48-46-44-42-40-38-35-32-30-28-26-24-22-20-17-14-11-8-5-2/h8,11,17,20-21,23-24,26-27,29-30,32,38,40,44,46,66H,4-7,9-10,12-16,18-19,22,25,28,31,33-37,39,41-43,45,47-65H2,1-3H3/b11-8-,20-17-,23-21-,26-24-,29-27-,32-30-,40-38-,46-44-. The van der Waals surface area contributed by atoms with Crippen LogP contribution in [0.15, 0.2) is 97.2 Å². The number of allylic oxidation sites excluding steroid dienone is 16. The van der Waals surface area contributed by atoms with E-state index in [1.165, 1.54) is 148 Å². The van der Waals surface area contributed by atoms with E-state index in [1.807, 2.05) is 0 Å². The second-order valence-corrected chi connectivity index (χ2v) is 20.9. The van der Waals surface area contributed by atoms with Gasteiger partial charge in [0.15, 0.2) is 6.10 Å². The van der Waals surface area contributed by atoms with Crippen LogP contribution in [0, 0.1) is 0 Å². The van der Waals surface area contributed by atoms with Crippen LogP contribution in [0.1, 0.15) is 303 Å². The molecule has 0 bridgehead atoms. The molecule has 6 heteroatoms. The molecule has 6 nitrogen and oxygen atoms in total. The first kappa shape index (κ1) is 71.3. The van der Waals surface area contributed by atoms with E-state index in [0.717, 1.165) is 116 Å². The Kier molecular flexibility index (Phi) is 59.8. The molecule has 0 aromatic rings. The lowest BCUT2D eigenvalue weighted by Crippen LogP contribution is -2.30. The number of ether oxygens (including phenoxy) is 3. The maximum atomic E-state index is 12.9. The van der Waals surface area contributed by atoms with Crippen molar-refractivity contribution in [1.29, 1.82) is 0 Å². The molecule has 1 atom stereocenters. The number of unbranched alkanes of at least 4 members (excludes halogenated alkanes) is 30. The van der Waals surface area contributed by atoms with Gasteiger partial charge in [-0.2, -0.15) is 0 Å². The van der Waals surface area contributed by atoms with Crippen molar-refractivity contribution >= 4 is 17.9 Å². The van der Waals surface area contributed by atoms with E-state index >= 15 is 0 Å². The first-order chi connectivity index (χ1) is 37.0. The van der Waals surface area contributed by atoms with Gasteiger partial charge in [0.1, 0.15) is 13.2 Å². The minimum absolute atomic E-state index is 0.0864. The summed E-state index contributed by atoms with van der Waals surface area (Å²) in [7, 11) is 0. The molecule has 0 fully saturated rings. The molecule has 0 saturated carbocycles. The van der Waals surface area contributed by atoms with Crippen molar-refractivity contribution in [3.8, 4) is 0 Å². The van der Waals surface area contributed by atoms with E-state index in [2.05, 4.69) is 118 Å². The maximum Gasteiger partial charge on any atom is 0.306 e. The van der Waals surface area contributed by atoms with Crippen LogP contribution in [0.3, 0.4) is 0 Å². The quantitative estimate of drug-likeness (QED) is 0.0261. The van der Waals surface area contributed by atoms with Crippen LogP contribution in [0.25, 0.3) is 0 Å². The molecule has 0 aliphatic carbocycles. The smallest absolute Gasteiger partial charge is 0.306 e. The minimum atomic E-state index is -0.791. The predicted molar refractivity (Wildman–Crippen MR) is 325 cm³/mol. The lowest BCUT2D eigenvalue weighted by molar-refractivity contribution is -0.167. The Morgan fingerprint density at radius 1 is 0.280 bits per heavy atom. The third kappa shape index (κ3) is 61.1. The van der Waals surface area contributed by atoms with E-state index in [4.69, 9.17) is 14.2 Å². The van der Waals surface area contributed by atoms with Crippen molar-refractivity contribution in [1.82, 2.24) is 0 Å². The average Bonchev–Trinajstić information content (AvgIpc) is 3.41. The lowest BCUT2D eigenvalue weighted by Gasteiger charge is -2.18. The highest BCUT2D eigenvalue weighted by molar-refractivity contribution is 5.71. The summed E-state index contributed by atoms with van der Waals surface area (Å²) < 4.78 is 16.9. The Bertz CT molecular complexity index is 1480. The highest BCUT2D eigenvalue weighted by Gasteiger charge is 2.19. The Balaban J connectivity index is 4.27. The molecular weight excluding hydrogens is 925 g/mol. The van der Waals surface area contributed by atoms with Gasteiger partial charge in [0.05, 0.1) is 0 Å². The molecule has 430 valence electrons. The lowest BCUT2D eigenvalue weighted by atomic mass is 10.0. The summed E-state index contributed by atoms with van der Waals surface area (Å²) in [6.45, 7) is 6.50. The molecule has 0 radical (unpaired) electrons. The van der Waals surface area contributed by atoms with E-state index in [1.54, 1.807) is 0 Å². The monoisotopic (exact) mass is 1040 g/mol. The molecule has 0 rings (SSSR count). The van der Waals surface area contributed by atoms with Crippen LogP contribution in [0.2, 0.25) is 0 Å². The fraction of sp³-hybridized carbons (Fsp3) is 0.725. The Hall–Kier alpha value is -3.67. The van der Waals surface area contributed by atoms with Crippen LogP contribution in [0.5, 0.6) is 0 Å². The predicted octanol–water partition coefficient (Wildman–Crippen LogP) is 21.7. The van der Waals surface area contributed by atoms with E-state index in [9.17, 15) is 14.4 Å². The topological polar surface area (TPSA) is 78.9 Å². The van der Waals surface area contributed by atoms with Gasteiger partial charge in [0.2, 0.25) is 0 Å². The van der Waals surface area contributed by atoms with Gasteiger partial charge in [-0.1, -0.05) is 279 Å². The van der Waals surface area contributed by atoms with Crippen LogP contribution < -0.4 is 0 Å². The minimum Gasteiger partial charge on any atom is -0.462 e. The van der Waals surface area contributed by atoms with Crippen molar-refractivity contribution in [2.45, 2.75) is 309 Å². The fourth-order valence-electron chi connectivity index (χ4n) is 8.83. The second kappa shape index (κ2) is 62.9. The molecule has 0 amide bonds. The summed E-state index contributed by atoms with van der Waals surface area (Å²) in [5.74, 6) is -0.907. The fourth-order valence-corrected chi connectivity index (χ4v) is 8.83. The van der Waals surface area contributed by atoms with Crippen LogP contribution in [-0.2, 0) is 28.6 Å². The Morgan fingerprint density at radius 2 is 0.520 bits per heavy atom. The summed E-state index contributed by atoms with van der Waals surface area (Å²) in [6.07, 6.45) is 84.2. The van der Waals surface area contributed by atoms with Gasteiger partial charge in [-0.3, -0.25) is 14.4 Å². The molecule has 75 heavy (non-hydrogen) atoms. The van der Waals surface area contributed by atoms with E-state index < -0.39 is 6.10 Å². The zero-order valence-corrected chi connectivity index (χ0v) is 49.3. The first-order valence-electron chi connectivity index (χ1n) is 31.7. The number of hydrogen-bond donors (Lipinski definition) is 0. The van der Waals surface area contributed by atoms with Crippen LogP contribution >= 0.6 is 0 Å². The molecule has 0 heterocycles. The number of carbonyl (C=O) groups is 3. The number of carbonyl (C=O) groups excluding carboxylic acids is 3.